The van der Waals surface area contributed by atoms with Crippen LogP contribution in [0, 0.1) is 0 Å². The van der Waals surface area contributed by atoms with Crippen LogP contribution in [0.1, 0.15) is 24.7 Å². The molecule has 0 fully saturated rings. The minimum absolute atomic E-state index is 0.117. The fraction of sp³-hybridized carbons (Fsp3) is 0.300. The highest BCUT2D eigenvalue weighted by Gasteiger charge is 2.20. The standard InChI is InChI=1S/C20H23N3O4S/c1-3-7-19-22-20(27-23-19)17-14-16(10-11-18(17)26-2)28(24,25)21-13-12-15-8-5-4-6-9-15/h4-6,8-11,14,21H,3,7,12-13H2,1-2H3. The second kappa shape index (κ2) is 8.99. The molecular formula is C20H23N3O4S. The van der Waals surface area contributed by atoms with E-state index < -0.39 is 10.0 Å². The Morgan fingerprint density at radius 3 is 2.61 bits per heavy atom. The van der Waals surface area contributed by atoms with Crippen LogP contribution in [-0.2, 0) is 22.9 Å². The third-order valence-corrected chi connectivity index (χ3v) is 5.66. The maximum absolute atomic E-state index is 12.7. The molecule has 3 rings (SSSR count). The second-order valence-electron chi connectivity index (χ2n) is 6.26. The van der Waals surface area contributed by atoms with Crippen LogP contribution < -0.4 is 9.46 Å². The van der Waals surface area contributed by atoms with Gasteiger partial charge in [-0.15, -0.1) is 0 Å². The fourth-order valence-electron chi connectivity index (χ4n) is 2.77. The van der Waals surface area contributed by atoms with Gasteiger partial charge in [-0.1, -0.05) is 42.4 Å². The fourth-order valence-corrected chi connectivity index (χ4v) is 3.83. The van der Waals surface area contributed by atoms with Crippen molar-refractivity contribution >= 4 is 10.0 Å². The van der Waals surface area contributed by atoms with E-state index in [-0.39, 0.29) is 10.8 Å². The number of hydrogen-bond donors (Lipinski definition) is 1. The Hall–Kier alpha value is -2.71. The number of nitrogens with zero attached hydrogens (tertiary/aromatic N) is 2. The number of hydrogen-bond acceptors (Lipinski definition) is 6. The van der Waals surface area contributed by atoms with E-state index in [1.807, 2.05) is 37.3 Å². The van der Waals surface area contributed by atoms with Crippen molar-refractivity contribution in [3.05, 3.63) is 59.9 Å². The van der Waals surface area contributed by atoms with E-state index >= 15 is 0 Å². The van der Waals surface area contributed by atoms with E-state index in [2.05, 4.69) is 14.9 Å². The Kier molecular flexibility index (Phi) is 6.43. The lowest BCUT2D eigenvalue weighted by molar-refractivity contribution is 0.402. The first-order valence-electron chi connectivity index (χ1n) is 9.08. The summed E-state index contributed by atoms with van der Waals surface area (Å²) < 4.78 is 38.6. The molecule has 0 amide bonds. The van der Waals surface area contributed by atoms with Crippen LogP contribution in [0.4, 0.5) is 0 Å². The zero-order valence-electron chi connectivity index (χ0n) is 15.9. The summed E-state index contributed by atoms with van der Waals surface area (Å²) in [6.45, 7) is 2.32. The van der Waals surface area contributed by atoms with Gasteiger partial charge in [0.05, 0.1) is 17.6 Å². The Balaban J connectivity index is 1.80. The van der Waals surface area contributed by atoms with Crippen molar-refractivity contribution in [3.63, 3.8) is 0 Å². The van der Waals surface area contributed by atoms with Gasteiger partial charge in [0.25, 0.3) is 5.89 Å². The van der Waals surface area contributed by atoms with E-state index in [0.29, 0.717) is 36.5 Å². The predicted molar refractivity (Wildman–Crippen MR) is 106 cm³/mol. The Labute approximate surface area is 164 Å². The minimum atomic E-state index is -3.68. The molecule has 2 aromatic carbocycles. The molecule has 0 aliphatic carbocycles. The van der Waals surface area contributed by atoms with Gasteiger partial charge in [-0.05, 0) is 36.6 Å². The summed E-state index contributed by atoms with van der Waals surface area (Å²) >= 11 is 0. The lowest BCUT2D eigenvalue weighted by Gasteiger charge is -2.10. The molecule has 0 atom stereocenters. The first kappa shape index (κ1) is 20.0. The van der Waals surface area contributed by atoms with Crippen LogP contribution in [0.15, 0.2) is 57.9 Å². The van der Waals surface area contributed by atoms with Gasteiger partial charge in [0, 0.05) is 13.0 Å². The summed E-state index contributed by atoms with van der Waals surface area (Å²) in [5, 5.41) is 3.93. The molecule has 28 heavy (non-hydrogen) atoms. The van der Waals surface area contributed by atoms with Crippen LogP contribution in [0.2, 0.25) is 0 Å². The maximum atomic E-state index is 12.7. The monoisotopic (exact) mass is 401 g/mol. The van der Waals surface area contributed by atoms with Crippen LogP contribution in [0.25, 0.3) is 11.5 Å². The largest absolute Gasteiger partial charge is 0.496 e. The molecule has 0 spiro atoms. The van der Waals surface area contributed by atoms with Crippen LogP contribution in [0.3, 0.4) is 0 Å². The predicted octanol–water partition coefficient (Wildman–Crippen LogP) is 3.22. The lowest BCUT2D eigenvalue weighted by Crippen LogP contribution is -2.26. The number of rotatable bonds is 9. The third kappa shape index (κ3) is 4.76. The van der Waals surface area contributed by atoms with Gasteiger partial charge in [-0.25, -0.2) is 13.1 Å². The lowest BCUT2D eigenvalue weighted by atomic mass is 10.2. The summed E-state index contributed by atoms with van der Waals surface area (Å²) in [5.41, 5.74) is 1.51. The summed E-state index contributed by atoms with van der Waals surface area (Å²) in [5.74, 6) is 1.28. The molecule has 1 N–H and O–H groups in total. The summed E-state index contributed by atoms with van der Waals surface area (Å²) in [6, 6.07) is 14.3. The normalized spacial score (nSPS) is 11.5. The van der Waals surface area contributed by atoms with E-state index in [0.717, 1.165) is 12.0 Å². The molecule has 0 saturated heterocycles. The molecule has 0 aliphatic rings. The van der Waals surface area contributed by atoms with Crippen molar-refractivity contribution in [2.75, 3.05) is 13.7 Å². The van der Waals surface area contributed by atoms with Crippen LogP contribution in [0.5, 0.6) is 5.75 Å². The summed E-state index contributed by atoms with van der Waals surface area (Å²) in [4.78, 5) is 4.45. The van der Waals surface area contributed by atoms with Crippen LogP contribution in [-0.4, -0.2) is 32.2 Å². The third-order valence-electron chi connectivity index (χ3n) is 4.20. The molecule has 0 radical (unpaired) electrons. The number of ether oxygens (including phenoxy) is 1. The Bertz CT molecular complexity index is 1020. The van der Waals surface area contributed by atoms with E-state index in [1.54, 1.807) is 6.07 Å². The number of aromatic nitrogens is 2. The maximum Gasteiger partial charge on any atom is 0.261 e. The first-order chi connectivity index (χ1) is 13.5. The highest BCUT2D eigenvalue weighted by molar-refractivity contribution is 7.89. The molecule has 3 aromatic rings. The molecule has 0 bridgehead atoms. The van der Waals surface area contributed by atoms with Crippen molar-refractivity contribution < 1.29 is 17.7 Å². The van der Waals surface area contributed by atoms with Crippen LogP contribution >= 0.6 is 0 Å². The van der Waals surface area contributed by atoms with Gasteiger partial charge in [-0.3, -0.25) is 0 Å². The first-order valence-corrected chi connectivity index (χ1v) is 10.6. The molecule has 1 heterocycles. The molecule has 8 heteroatoms. The van der Waals surface area contributed by atoms with Gasteiger partial charge in [0.1, 0.15) is 5.75 Å². The topological polar surface area (TPSA) is 94.3 Å². The number of nitrogens with one attached hydrogen (secondary N) is 1. The van der Waals surface area contributed by atoms with Gasteiger partial charge in [0.15, 0.2) is 5.82 Å². The van der Waals surface area contributed by atoms with E-state index in [4.69, 9.17) is 9.26 Å². The Morgan fingerprint density at radius 2 is 1.89 bits per heavy atom. The quantitative estimate of drug-likeness (QED) is 0.592. The number of benzene rings is 2. The zero-order valence-corrected chi connectivity index (χ0v) is 16.7. The molecular weight excluding hydrogens is 378 g/mol. The van der Waals surface area contributed by atoms with E-state index in [1.165, 1.54) is 19.2 Å². The number of aryl methyl sites for hydroxylation is 1. The zero-order chi connectivity index (χ0) is 20.0. The number of methoxy groups -OCH3 is 1. The SMILES string of the molecule is CCCc1noc(-c2cc(S(=O)(=O)NCCc3ccccc3)ccc2OC)n1. The molecule has 0 saturated carbocycles. The Morgan fingerprint density at radius 1 is 1.11 bits per heavy atom. The van der Waals surface area contributed by atoms with Crippen molar-refractivity contribution in [1.82, 2.24) is 14.9 Å². The minimum Gasteiger partial charge on any atom is -0.496 e. The number of sulfonamides is 1. The van der Waals surface area contributed by atoms with Gasteiger partial charge in [-0.2, -0.15) is 4.98 Å². The van der Waals surface area contributed by atoms with Crippen molar-refractivity contribution in [1.29, 1.82) is 0 Å². The summed E-state index contributed by atoms with van der Waals surface area (Å²) in [7, 11) is -2.18. The molecule has 148 valence electrons. The van der Waals surface area contributed by atoms with Crippen molar-refractivity contribution in [3.8, 4) is 17.2 Å². The van der Waals surface area contributed by atoms with Crippen molar-refractivity contribution in [2.24, 2.45) is 0 Å². The second-order valence-corrected chi connectivity index (χ2v) is 8.03. The average molecular weight is 401 g/mol. The molecule has 7 nitrogen and oxygen atoms in total. The summed E-state index contributed by atoms with van der Waals surface area (Å²) in [6.07, 6.45) is 2.17. The smallest absolute Gasteiger partial charge is 0.261 e. The van der Waals surface area contributed by atoms with Gasteiger partial charge >= 0.3 is 0 Å². The highest BCUT2D eigenvalue weighted by atomic mass is 32.2. The molecule has 0 unspecified atom stereocenters. The molecule has 1 aromatic heterocycles. The van der Waals surface area contributed by atoms with Crippen molar-refractivity contribution in [2.45, 2.75) is 31.1 Å². The van der Waals surface area contributed by atoms with Gasteiger partial charge in [0.2, 0.25) is 10.0 Å². The average Bonchev–Trinajstić information content (AvgIpc) is 3.17. The highest BCUT2D eigenvalue weighted by Crippen LogP contribution is 2.31. The van der Waals surface area contributed by atoms with E-state index in [9.17, 15) is 8.42 Å². The molecule has 0 aliphatic heterocycles. The van der Waals surface area contributed by atoms with Gasteiger partial charge < -0.3 is 9.26 Å².